The number of aliphatic carboxylic acids is 1. The summed E-state index contributed by atoms with van der Waals surface area (Å²) in [5.41, 5.74) is 1.57. The van der Waals surface area contributed by atoms with Crippen LogP contribution >= 0.6 is 11.6 Å². The normalized spacial score (nSPS) is 10.6. The van der Waals surface area contributed by atoms with E-state index in [4.69, 9.17) is 16.7 Å². The van der Waals surface area contributed by atoms with E-state index in [0.29, 0.717) is 29.2 Å². The molecule has 2 aromatic rings. The minimum absolute atomic E-state index is 0.236. The van der Waals surface area contributed by atoms with Gasteiger partial charge < -0.3 is 10.0 Å². The molecule has 0 aliphatic rings. The van der Waals surface area contributed by atoms with E-state index in [2.05, 4.69) is 5.10 Å². The van der Waals surface area contributed by atoms with Crippen LogP contribution in [0.15, 0.2) is 30.5 Å². The fourth-order valence-electron chi connectivity index (χ4n) is 2.27. The minimum Gasteiger partial charge on any atom is -0.480 e. The molecule has 7 heteroatoms. The average molecular weight is 336 g/mol. The Bertz CT molecular complexity index is 727. The molecule has 1 aromatic carbocycles. The highest BCUT2D eigenvalue weighted by atomic mass is 35.5. The van der Waals surface area contributed by atoms with E-state index in [1.807, 2.05) is 19.1 Å². The number of aromatic nitrogens is 2. The molecular formula is C16H18ClN3O3. The van der Waals surface area contributed by atoms with Crippen molar-refractivity contribution in [1.82, 2.24) is 14.7 Å². The minimum atomic E-state index is -1.05. The number of carboxylic acid groups (broad SMARTS) is 1. The van der Waals surface area contributed by atoms with Gasteiger partial charge in [0.1, 0.15) is 6.54 Å². The number of para-hydroxylation sites is 1. The van der Waals surface area contributed by atoms with Gasteiger partial charge >= 0.3 is 5.97 Å². The molecule has 0 unspecified atom stereocenters. The zero-order valence-electron chi connectivity index (χ0n) is 13.0. The number of carbonyl (C=O) groups is 2. The standard InChI is InChI=1S/C16H18ClN3O3/c1-3-8-19(10-14(21)22)16(23)15-11(2)9-20(18-15)13-7-5-4-6-12(13)17/h4-7,9H,3,8,10H2,1-2H3,(H,21,22). The maximum absolute atomic E-state index is 12.6. The first-order valence-electron chi connectivity index (χ1n) is 7.26. The highest BCUT2D eigenvalue weighted by molar-refractivity contribution is 6.32. The summed E-state index contributed by atoms with van der Waals surface area (Å²) in [6.45, 7) is 3.67. The lowest BCUT2D eigenvalue weighted by atomic mass is 10.2. The zero-order chi connectivity index (χ0) is 17.0. The van der Waals surface area contributed by atoms with Gasteiger partial charge in [-0.25, -0.2) is 4.68 Å². The summed E-state index contributed by atoms with van der Waals surface area (Å²) in [5.74, 6) is -1.44. The first kappa shape index (κ1) is 17.0. The van der Waals surface area contributed by atoms with Crippen molar-refractivity contribution in [2.75, 3.05) is 13.1 Å². The van der Waals surface area contributed by atoms with Crippen LogP contribution < -0.4 is 0 Å². The summed E-state index contributed by atoms with van der Waals surface area (Å²) in [7, 11) is 0. The molecule has 0 aliphatic carbocycles. The summed E-state index contributed by atoms with van der Waals surface area (Å²) >= 11 is 6.15. The third kappa shape index (κ3) is 3.90. The van der Waals surface area contributed by atoms with Crippen LogP contribution in [-0.2, 0) is 4.79 Å². The van der Waals surface area contributed by atoms with Crippen molar-refractivity contribution < 1.29 is 14.7 Å². The molecule has 6 nitrogen and oxygen atoms in total. The molecular weight excluding hydrogens is 318 g/mol. The van der Waals surface area contributed by atoms with Crippen molar-refractivity contribution >= 4 is 23.5 Å². The van der Waals surface area contributed by atoms with Gasteiger partial charge in [0.2, 0.25) is 0 Å². The highest BCUT2D eigenvalue weighted by Gasteiger charge is 2.23. The van der Waals surface area contributed by atoms with E-state index in [0.717, 1.165) is 0 Å². The molecule has 23 heavy (non-hydrogen) atoms. The highest BCUT2D eigenvalue weighted by Crippen LogP contribution is 2.21. The fraction of sp³-hybridized carbons (Fsp3) is 0.312. The van der Waals surface area contributed by atoms with Crippen LogP contribution in [0, 0.1) is 6.92 Å². The van der Waals surface area contributed by atoms with Gasteiger partial charge in [0.05, 0.1) is 10.7 Å². The van der Waals surface area contributed by atoms with Crippen LogP contribution in [0.5, 0.6) is 0 Å². The van der Waals surface area contributed by atoms with E-state index in [-0.39, 0.29) is 12.2 Å². The van der Waals surface area contributed by atoms with Gasteiger partial charge in [-0.15, -0.1) is 0 Å². The fourth-order valence-corrected chi connectivity index (χ4v) is 2.49. The molecule has 0 saturated heterocycles. The number of benzene rings is 1. The Kier molecular flexibility index (Phi) is 5.39. The lowest BCUT2D eigenvalue weighted by Gasteiger charge is -2.19. The smallest absolute Gasteiger partial charge is 0.323 e. The van der Waals surface area contributed by atoms with Crippen LogP contribution in [0.4, 0.5) is 0 Å². The number of amides is 1. The van der Waals surface area contributed by atoms with Gasteiger partial charge in [0, 0.05) is 18.3 Å². The lowest BCUT2D eigenvalue weighted by molar-refractivity contribution is -0.137. The van der Waals surface area contributed by atoms with Crippen LogP contribution in [0.2, 0.25) is 5.02 Å². The molecule has 0 aliphatic heterocycles. The third-order valence-corrected chi connectivity index (χ3v) is 3.63. The topological polar surface area (TPSA) is 75.4 Å². The summed E-state index contributed by atoms with van der Waals surface area (Å²) < 4.78 is 1.54. The predicted octanol–water partition coefficient (Wildman–Crippen LogP) is 2.77. The molecule has 2 rings (SSSR count). The molecule has 0 radical (unpaired) electrons. The van der Waals surface area contributed by atoms with Crippen molar-refractivity contribution in [3.05, 3.63) is 46.7 Å². The van der Waals surface area contributed by atoms with E-state index in [1.165, 1.54) is 9.58 Å². The van der Waals surface area contributed by atoms with Crippen LogP contribution in [0.1, 0.15) is 29.4 Å². The van der Waals surface area contributed by atoms with Crippen molar-refractivity contribution in [2.24, 2.45) is 0 Å². The molecule has 1 amide bonds. The average Bonchev–Trinajstić information content (AvgIpc) is 2.88. The Morgan fingerprint density at radius 2 is 2.04 bits per heavy atom. The van der Waals surface area contributed by atoms with Crippen molar-refractivity contribution in [2.45, 2.75) is 20.3 Å². The monoisotopic (exact) mass is 335 g/mol. The first-order valence-corrected chi connectivity index (χ1v) is 7.64. The van der Waals surface area contributed by atoms with Crippen molar-refractivity contribution in [3.63, 3.8) is 0 Å². The Morgan fingerprint density at radius 1 is 1.35 bits per heavy atom. The molecule has 0 spiro atoms. The summed E-state index contributed by atoms with van der Waals surface area (Å²) in [6.07, 6.45) is 2.38. The van der Waals surface area contributed by atoms with E-state index < -0.39 is 11.9 Å². The summed E-state index contributed by atoms with van der Waals surface area (Å²) in [5, 5.41) is 13.8. The Balaban J connectivity index is 2.35. The van der Waals surface area contributed by atoms with Gasteiger partial charge in [-0.3, -0.25) is 9.59 Å². The molecule has 0 atom stereocenters. The van der Waals surface area contributed by atoms with Crippen molar-refractivity contribution in [1.29, 1.82) is 0 Å². The molecule has 1 heterocycles. The lowest BCUT2D eigenvalue weighted by Crippen LogP contribution is -2.36. The number of carboxylic acids is 1. The molecule has 0 bridgehead atoms. The second-order valence-electron chi connectivity index (χ2n) is 5.18. The SMILES string of the molecule is CCCN(CC(=O)O)C(=O)c1nn(-c2ccccc2Cl)cc1C. The summed E-state index contributed by atoms with van der Waals surface area (Å²) in [4.78, 5) is 24.8. The molecule has 0 fully saturated rings. The number of hydrogen-bond donors (Lipinski definition) is 1. The van der Waals surface area contributed by atoms with E-state index >= 15 is 0 Å². The van der Waals surface area contributed by atoms with Gasteiger partial charge in [-0.2, -0.15) is 5.10 Å². The second kappa shape index (κ2) is 7.28. The Hall–Kier alpha value is -2.34. The van der Waals surface area contributed by atoms with Crippen LogP contribution in [0.3, 0.4) is 0 Å². The largest absolute Gasteiger partial charge is 0.480 e. The second-order valence-corrected chi connectivity index (χ2v) is 5.58. The Morgan fingerprint density at radius 3 is 2.65 bits per heavy atom. The zero-order valence-corrected chi connectivity index (χ0v) is 13.7. The molecule has 1 aromatic heterocycles. The number of rotatable bonds is 6. The van der Waals surface area contributed by atoms with E-state index in [9.17, 15) is 9.59 Å². The van der Waals surface area contributed by atoms with Gasteiger partial charge in [-0.1, -0.05) is 30.7 Å². The van der Waals surface area contributed by atoms with E-state index in [1.54, 1.807) is 25.3 Å². The third-order valence-electron chi connectivity index (χ3n) is 3.31. The quantitative estimate of drug-likeness (QED) is 0.880. The number of carbonyl (C=O) groups excluding carboxylic acids is 1. The number of halogens is 1. The van der Waals surface area contributed by atoms with Gasteiger partial charge in [0.25, 0.3) is 5.91 Å². The first-order chi connectivity index (χ1) is 10.9. The van der Waals surface area contributed by atoms with Crippen LogP contribution in [0.25, 0.3) is 5.69 Å². The molecule has 1 N–H and O–H groups in total. The predicted molar refractivity (Wildman–Crippen MR) is 87.1 cm³/mol. The summed E-state index contributed by atoms with van der Waals surface area (Å²) in [6, 6.07) is 7.17. The number of nitrogens with zero attached hydrogens (tertiary/aromatic N) is 3. The van der Waals surface area contributed by atoms with Crippen molar-refractivity contribution in [3.8, 4) is 5.69 Å². The maximum atomic E-state index is 12.6. The maximum Gasteiger partial charge on any atom is 0.323 e. The van der Waals surface area contributed by atoms with Crippen LogP contribution in [-0.4, -0.2) is 44.8 Å². The Labute approximate surface area is 139 Å². The molecule has 0 saturated carbocycles. The van der Waals surface area contributed by atoms with Gasteiger partial charge in [-0.05, 0) is 25.5 Å². The number of aryl methyl sites for hydroxylation is 1. The number of hydrogen-bond acceptors (Lipinski definition) is 3. The molecule has 122 valence electrons. The van der Waals surface area contributed by atoms with Gasteiger partial charge in [0.15, 0.2) is 5.69 Å².